The van der Waals surface area contributed by atoms with Crippen LogP contribution in [-0.2, 0) is 19.5 Å². The van der Waals surface area contributed by atoms with E-state index >= 15 is 0 Å². The number of nitrogens with zero attached hydrogens (tertiary/aromatic N) is 6. The highest BCUT2D eigenvalue weighted by Crippen LogP contribution is 2.28. The molecule has 2 aromatic carbocycles. The topological polar surface area (TPSA) is 70.5 Å². The average Bonchev–Trinajstić information content (AvgIpc) is 3.49. The second-order valence-corrected chi connectivity index (χ2v) is 8.58. The number of hydrogen-bond acceptors (Lipinski definition) is 4. The van der Waals surface area contributed by atoms with Crippen LogP contribution in [0.25, 0.3) is 16.8 Å². The van der Waals surface area contributed by atoms with Crippen LogP contribution in [0.1, 0.15) is 62.9 Å². The van der Waals surface area contributed by atoms with Crippen molar-refractivity contribution in [2.75, 3.05) is 0 Å². The van der Waals surface area contributed by atoms with Crippen LogP contribution in [-0.4, -0.2) is 29.3 Å². The molecule has 4 rings (SSSR count). The number of rotatable bonds is 11. The van der Waals surface area contributed by atoms with Gasteiger partial charge in [0.05, 0.1) is 12.2 Å². The molecule has 0 amide bonds. The van der Waals surface area contributed by atoms with Crippen molar-refractivity contribution in [3.63, 3.8) is 0 Å². The van der Waals surface area contributed by atoms with E-state index in [4.69, 9.17) is 0 Å². The van der Waals surface area contributed by atoms with Crippen LogP contribution in [0.5, 0.6) is 0 Å². The van der Waals surface area contributed by atoms with Gasteiger partial charge in [-0.05, 0) is 46.9 Å². The summed E-state index contributed by atoms with van der Waals surface area (Å²) in [7, 11) is 0. The summed E-state index contributed by atoms with van der Waals surface area (Å²) in [5.74, 6) is 0. The van der Waals surface area contributed by atoms with Gasteiger partial charge in [-0.25, -0.2) is 13.6 Å². The number of hydrogen-bond donors (Lipinski definition) is 0. The van der Waals surface area contributed by atoms with E-state index in [1.165, 1.54) is 9.13 Å². The number of unbranched alkanes of at least 4 members (excludes halogenated alkanes) is 2. The summed E-state index contributed by atoms with van der Waals surface area (Å²) >= 11 is 0. The molecule has 0 aliphatic rings. The Balaban J connectivity index is 1.68. The van der Waals surface area contributed by atoms with Gasteiger partial charge < -0.3 is 0 Å². The van der Waals surface area contributed by atoms with Gasteiger partial charge in [0.1, 0.15) is 12.0 Å². The molecule has 0 spiro atoms. The van der Waals surface area contributed by atoms with Gasteiger partial charge in [-0.3, -0.25) is 9.13 Å². The van der Waals surface area contributed by atoms with Crippen molar-refractivity contribution >= 4 is 0 Å². The van der Waals surface area contributed by atoms with Crippen molar-refractivity contribution in [3.8, 4) is 16.8 Å². The predicted molar refractivity (Wildman–Crippen MR) is 131 cm³/mol. The molecular weight excluding hydrogens is 450 g/mol. The highest BCUT2D eigenvalue weighted by atomic mass is 19.3. The Labute approximate surface area is 203 Å². The van der Waals surface area contributed by atoms with E-state index in [1.54, 1.807) is 11.0 Å². The molecule has 0 N–H and O–H groups in total. The first-order valence-corrected chi connectivity index (χ1v) is 12.1. The zero-order chi connectivity index (χ0) is 24.8. The molecule has 9 heteroatoms. The van der Waals surface area contributed by atoms with Gasteiger partial charge in [0.15, 0.2) is 0 Å². The van der Waals surface area contributed by atoms with Crippen LogP contribution in [0.2, 0.25) is 0 Å². The van der Waals surface area contributed by atoms with E-state index in [2.05, 4.69) is 15.5 Å². The molecule has 184 valence electrons. The summed E-state index contributed by atoms with van der Waals surface area (Å²) in [5, 5.41) is 11.4. The Hall–Kier alpha value is -3.62. The van der Waals surface area contributed by atoms with E-state index in [9.17, 15) is 13.6 Å². The van der Waals surface area contributed by atoms with Gasteiger partial charge in [-0.15, -0.1) is 5.10 Å². The van der Waals surface area contributed by atoms with Gasteiger partial charge in [0.25, 0.3) is 6.43 Å². The predicted octanol–water partition coefficient (Wildman–Crippen LogP) is 5.42. The summed E-state index contributed by atoms with van der Waals surface area (Å²) in [5.41, 5.74) is 3.62. The average molecular weight is 481 g/mol. The molecule has 0 aliphatic carbocycles. The number of para-hydroxylation sites is 1. The molecule has 0 atom stereocenters. The fraction of sp³-hybridized carbons (Fsp3) is 0.385. The minimum Gasteiger partial charge on any atom is -0.291 e. The third kappa shape index (κ3) is 5.23. The zero-order valence-electron chi connectivity index (χ0n) is 20.1. The summed E-state index contributed by atoms with van der Waals surface area (Å²) < 4.78 is 32.6. The summed E-state index contributed by atoms with van der Waals surface area (Å²) in [4.78, 5) is 13.2. The third-order valence-electron chi connectivity index (χ3n) is 6.19. The first-order valence-electron chi connectivity index (χ1n) is 12.1. The number of alkyl halides is 2. The Morgan fingerprint density at radius 3 is 2.34 bits per heavy atom. The molecule has 4 aromatic rings. The van der Waals surface area contributed by atoms with Gasteiger partial charge in [-0.2, -0.15) is 4.68 Å². The van der Waals surface area contributed by atoms with Crippen LogP contribution >= 0.6 is 0 Å². The lowest BCUT2D eigenvalue weighted by Gasteiger charge is -2.12. The number of halogens is 2. The van der Waals surface area contributed by atoms with Gasteiger partial charge in [0.2, 0.25) is 0 Å². The first-order chi connectivity index (χ1) is 17.0. The minimum atomic E-state index is -2.68. The number of tetrazole rings is 1. The molecule has 0 saturated heterocycles. The van der Waals surface area contributed by atoms with Crippen molar-refractivity contribution < 1.29 is 8.78 Å². The van der Waals surface area contributed by atoms with Crippen molar-refractivity contribution in [1.29, 1.82) is 0 Å². The fourth-order valence-corrected chi connectivity index (χ4v) is 4.37. The van der Waals surface area contributed by atoms with Crippen LogP contribution in [0.15, 0.2) is 59.7 Å². The van der Waals surface area contributed by atoms with Crippen molar-refractivity contribution in [2.24, 2.45) is 0 Å². The Kier molecular flexibility index (Phi) is 7.84. The molecule has 0 radical (unpaired) electrons. The van der Waals surface area contributed by atoms with Crippen molar-refractivity contribution in [2.45, 2.75) is 65.5 Å². The number of aromatic nitrogens is 6. The molecular formula is C26H30F2N6O. The summed E-state index contributed by atoms with van der Waals surface area (Å²) in [6.45, 7) is 4.57. The van der Waals surface area contributed by atoms with E-state index in [0.29, 0.717) is 25.1 Å². The smallest absolute Gasteiger partial charge is 0.291 e. The van der Waals surface area contributed by atoms with E-state index in [0.717, 1.165) is 41.6 Å². The second-order valence-electron chi connectivity index (χ2n) is 8.58. The lowest BCUT2D eigenvalue weighted by Crippen LogP contribution is -2.26. The van der Waals surface area contributed by atoms with Crippen molar-refractivity contribution in [1.82, 2.24) is 29.3 Å². The maximum Gasteiger partial charge on any atom is 0.329 e. The molecule has 0 saturated carbocycles. The summed E-state index contributed by atoms with van der Waals surface area (Å²) in [6, 6.07) is 15.6. The molecule has 0 unspecified atom stereocenters. The van der Waals surface area contributed by atoms with Crippen molar-refractivity contribution in [3.05, 3.63) is 82.3 Å². The third-order valence-corrected chi connectivity index (χ3v) is 6.19. The van der Waals surface area contributed by atoms with Crippen LogP contribution < -0.4 is 5.69 Å². The van der Waals surface area contributed by atoms with Crippen LogP contribution in [0.4, 0.5) is 8.78 Å². The molecule has 35 heavy (non-hydrogen) atoms. The highest BCUT2D eigenvalue weighted by Gasteiger charge is 2.25. The van der Waals surface area contributed by atoms with Gasteiger partial charge >= 0.3 is 5.69 Å². The molecule has 2 heterocycles. The number of imidazole rings is 1. The zero-order valence-corrected chi connectivity index (χ0v) is 20.1. The lowest BCUT2D eigenvalue weighted by molar-refractivity contribution is 0.139. The first kappa shape index (κ1) is 24.5. The highest BCUT2D eigenvalue weighted by molar-refractivity contribution is 5.72. The van der Waals surface area contributed by atoms with E-state index in [1.807, 2.05) is 62.4 Å². The standard InChI is InChI=1S/C26H30F2N6O/c1-3-5-10-23-24(25(27)28)32(16-6-4-2)26(35)33(23)17-19-12-14-20(15-13-19)21-9-7-8-11-22(21)34-18-29-30-31-34/h7-9,11-15,18,25H,3-6,10,16-17H2,1-2H3. The van der Waals surface area contributed by atoms with Gasteiger partial charge in [-0.1, -0.05) is 69.2 Å². The Morgan fingerprint density at radius 1 is 0.943 bits per heavy atom. The van der Waals surface area contributed by atoms with Crippen LogP contribution in [0, 0.1) is 0 Å². The molecule has 0 bridgehead atoms. The molecule has 0 aliphatic heterocycles. The van der Waals surface area contributed by atoms with E-state index < -0.39 is 6.43 Å². The maximum absolute atomic E-state index is 14.1. The number of benzene rings is 2. The van der Waals surface area contributed by atoms with Crippen LogP contribution in [0.3, 0.4) is 0 Å². The van der Waals surface area contributed by atoms with Gasteiger partial charge in [0, 0.05) is 17.8 Å². The fourth-order valence-electron chi connectivity index (χ4n) is 4.37. The maximum atomic E-state index is 14.1. The SMILES string of the molecule is CCCCc1c(C(F)F)n(CCCC)c(=O)n1Cc1ccc(-c2ccccc2-n2cnnn2)cc1. The molecule has 0 fully saturated rings. The normalized spacial score (nSPS) is 11.5. The quantitative estimate of drug-likeness (QED) is 0.287. The Morgan fingerprint density at radius 2 is 1.69 bits per heavy atom. The second kappa shape index (κ2) is 11.2. The minimum absolute atomic E-state index is 0.121. The monoisotopic (exact) mass is 480 g/mol. The molecule has 7 nitrogen and oxygen atoms in total. The molecule has 2 aromatic heterocycles. The van der Waals surface area contributed by atoms with E-state index in [-0.39, 0.29) is 17.9 Å². The lowest BCUT2D eigenvalue weighted by atomic mass is 10.0. The Bertz CT molecular complexity index is 1290. The largest absolute Gasteiger partial charge is 0.329 e. The summed E-state index contributed by atoms with van der Waals surface area (Å²) in [6.07, 6.45) is 2.46.